The van der Waals surface area contributed by atoms with Gasteiger partial charge in [0.05, 0.1) is 13.2 Å². The predicted molar refractivity (Wildman–Crippen MR) is 77.5 cm³/mol. The quantitative estimate of drug-likeness (QED) is 0.905. The molecule has 4 heteroatoms. The first-order valence-corrected chi connectivity index (χ1v) is 6.81. The molecule has 106 valence electrons. The zero-order valence-corrected chi connectivity index (χ0v) is 12.2. The van der Waals surface area contributed by atoms with Gasteiger partial charge in [0.25, 0.3) is 0 Å². The van der Waals surface area contributed by atoms with Gasteiger partial charge in [0, 0.05) is 18.4 Å². The Balaban J connectivity index is 0.00000133. The number of hydrogen-bond donors (Lipinski definition) is 1. The Labute approximate surface area is 121 Å². The molecule has 19 heavy (non-hydrogen) atoms. The largest absolute Gasteiger partial charge is 0.348 e. The van der Waals surface area contributed by atoms with Crippen LogP contribution in [0.5, 0.6) is 0 Å². The Morgan fingerprint density at radius 1 is 0.947 bits per heavy atom. The van der Waals surface area contributed by atoms with Gasteiger partial charge in [-0.05, 0) is 25.5 Å². The third-order valence-electron chi connectivity index (χ3n) is 4.48. The average molecular weight is 284 g/mol. The first kappa shape index (κ1) is 14.8. The molecule has 1 aromatic carbocycles. The number of benzene rings is 1. The van der Waals surface area contributed by atoms with E-state index in [0.717, 1.165) is 38.9 Å². The molecule has 0 bridgehead atoms. The van der Waals surface area contributed by atoms with Crippen LogP contribution in [0.15, 0.2) is 30.3 Å². The van der Waals surface area contributed by atoms with Gasteiger partial charge in [-0.25, -0.2) is 0 Å². The van der Waals surface area contributed by atoms with Crippen LogP contribution in [0.3, 0.4) is 0 Å². The van der Waals surface area contributed by atoms with E-state index in [1.165, 1.54) is 5.56 Å². The molecular formula is C15H22ClNO2. The highest BCUT2D eigenvalue weighted by Crippen LogP contribution is 2.44. The summed E-state index contributed by atoms with van der Waals surface area (Å²) in [6.45, 7) is 1.50. The standard InChI is InChI=1S/C15H21NO2.ClH/c1-16-14(13-5-3-2-4-6-13)7-9-15(10-8-14)17-11-12-18-15;/h2-6,16H,7-12H2,1H3;1H. The van der Waals surface area contributed by atoms with Crippen LogP contribution in [0.2, 0.25) is 0 Å². The monoisotopic (exact) mass is 283 g/mol. The zero-order valence-electron chi connectivity index (χ0n) is 11.4. The molecule has 3 rings (SSSR count). The highest BCUT2D eigenvalue weighted by molar-refractivity contribution is 5.85. The van der Waals surface area contributed by atoms with Crippen molar-refractivity contribution in [3.05, 3.63) is 35.9 Å². The summed E-state index contributed by atoms with van der Waals surface area (Å²) < 4.78 is 11.6. The molecule has 1 saturated heterocycles. The van der Waals surface area contributed by atoms with Crippen LogP contribution in [0.25, 0.3) is 0 Å². The van der Waals surface area contributed by atoms with E-state index in [1.807, 2.05) is 0 Å². The van der Waals surface area contributed by atoms with E-state index in [4.69, 9.17) is 9.47 Å². The lowest BCUT2D eigenvalue weighted by Gasteiger charge is -2.44. The fraction of sp³-hybridized carbons (Fsp3) is 0.600. The SMILES string of the molecule is CNC1(c2ccccc2)CCC2(CC1)OCCO2.Cl. The zero-order chi connectivity index (χ0) is 12.5. The highest BCUT2D eigenvalue weighted by atomic mass is 35.5. The van der Waals surface area contributed by atoms with Crippen LogP contribution in [0.1, 0.15) is 31.2 Å². The summed E-state index contributed by atoms with van der Waals surface area (Å²) in [5.74, 6) is -0.283. The molecule has 2 aliphatic rings. The number of rotatable bonds is 2. The van der Waals surface area contributed by atoms with Gasteiger partial charge in [0.15, 0.2) is 5.79 Å². The van der Waals surface area contributed by atoms with Gasteiger partial charge in [-0.15, -0.1) is 12.4 Å². The van der Waals surface area contributed by atoms with Crippen LogP contribution < -0.4 is 5.32 Å². The minimum Gasteiger partial charge on any atom is -0.348 e. The van der Waals surface area contributed by atoms with Gasteiger partial charge in [-0.3, -0.25) is 0 Å². The summed E-state index contributed by atoms with van der Waals surface area (Å²) in [6.07, 6.45) is 4.08. The van der Waals surface area contributed by atoms with Crippen molar-refractivity contribution in [1.29, 1.82) is 0 Å². The minimum absolute atomic E-state index is 0. The van der Waals surface area contributed by atoms with Crippen molar-refractivity contribution in [3.8, 4) is 0 Å². The van der Waals surface area contributed by atoms with Crippen LogP contribution in [-0.4, -0.2) is 26.0 Å². The van der Waals surface area contributed by atoms with E-state index in [9.17, 15) is 0 Å². The molecule has 1 heterocycles. The van der Waals surface area contributed by atoms with E-state index in [-0.39, 0.29) is 23.7 Å². The molecule has 1 spiro atoms. The van der Waals surface area contributed by atoms with Crippen LogP contribution >= 0.6 is 12.4 Å². The van der Waals surface area contributed by atoms with Crippen LogP contribution in [-0.2, 0) is 15.0 Å². The number of ether oxygens (including phenoxy) is 2. The van der Waals surface area contributed by atoms with Gasteiger partial charge in [0.2, 0.25) is 0 Å². The van der Waals surface area contributed by atoms with Crippen molar-refractivity contribution in [2.75, 3.05) is 20.3 Å². The van der Waals surface area contributed by atoms with Gasteiger partial charge >= 0.3 is 0 Å². The van der Waals surface area contributed by atoms with Gasteiger partial charge in [-0.2, -0.15) is 0 Å². The fourth-order valence-corrected chi connectivity index (χ4v) is 3.28. The normalized spacial score (nSPS) is 24.1. The predicted octanol–water partition coefficient (Wildman–Crippen LogP) is 2.84. The fourth-order valence-electron chi connectivity index (χ4n) is 3.28. The van der Waals surface area contributed by atoms with E-state index < -0.39 is 0 Å². The summed E-state index contributed by atoms with van der Waals surface area (Å²) >= 11 is 0. The Kier molecular flexibility index (Phi) is 4.51. The third kappa shape index (κ3) is 2.65. The Hall–Kier alpha value is -0.610. The van der Waals surface area contributed by atoms with Gasteiger partial charge in [0.1, 0.15) is 0 Å². The lowest BCUT2D eigenvalue weighted by Crippen LogP contribution is -2.48. The van der Waals surface area contributed by atoms with Crippen molar-refractivity contribution in [2.24, 2.45) is 0 Å². The maximum Gasteiger partial charge on any atom is 0.168 e. The van der Waals surface area contributed by atoms with E-state index >= 15 is 0 Å². The number of hydrogen-bond acceptors (Lipinski definition) is 3. The molecule has 0 unspecified atom stereocenters. The second-order valence-corrected chi connectivity index (χ2v) is 5.31. The molecule has 1 saturated carbocycles. The van der Waals surface area contributed by atoms with E-state index in [0.29, 0.717) is 0 Å². The maximum absolute atomic E-state index is 5.81. The lowest BCUT2D eigenvalue weighted by molar-refractivity contribution is -0.186. The van der Waals surface area contributed by atoms with Gasteiger partial charge in [-0.1, -0.05) is 30.3 Å². The minimum atomic E-state index is -0.283. The van der Waals surface area contributed by atoms with Crippen LogP contribution in [0.4, 0.5) is 0 Å². The Morgan fingerprint density at radius 3 is 2.05 bits per heavy atom. The first-order valence-electron chi connectivity index (χ1n) is 6.81. The first-order chi connectivity index (χ1) is 8.79. The molecule has 1 aliphatic carbocycles. The Morgan fingerprint density at radius 2 is 1.53 bits per heavy atom. The molecule has 3 nitrogen and oxygen atoms in total. The summed E-state index contributed by atoms with van der Waals surface area (Å²) in [5, 5.41) is 3.53. The summed E-state index contributed by atoms with van der Waals surface area (Å²) in [7, 11) is 2.06. The molecule has 1 aromatic rings. The number of halogens is 1. The van der Waals surface area contributed by atoms with E-state index in [2.05, 4.69) is 42.7 Å². The maximum atomic E-state index is 5.81. The molecule has 2 fully saturated rings. The molecule has 1 aliphatic heterocycles. The number of nitrogens with one attached hydrogen (secondary N) is 1. The molecule has 0 aromatic heterocycles. The summed E-state index contributed by atoms with van der Waals surface area (Å²) in [5.41, 5.74) is 1.46. The topological polar surface area (TPSA) is 30.5 Å². The second-order valence-electron chi connectivity index (χ2n) is 5.31. The van der Waals surface area contributed by atoms with Crippen molar-refractivity contribution in [1.82, 2.24) is 5.32 Å². The smallest absolute Gasteiger partial charge is 0.168 e. The molecule has 1 N–H and O–H groups in total. The summed E-state index contributed by atoms with van der Waals surface area (Å²) in [4.78, 5) is 0. The Bertz CT molecular complexity index is 394. The van der Waals surface area contributed by atoms with Crippen molar-refractivity contribution in [3.63, 3.8) is 0 Å². The van der Waals surface area contributed by atoms with Crippen LogP contribution in [0, 0.1) is 0 Å². The molecular weight excluding hydrogens is 262 g/mol. The van der Waals surface area contributed by atoms with E-state index in [1.54, 1.807) is 0 Å². The molecule has 0 atom stereocenters. The second kappa shape index (κ2) is 5.80. The average Bonchev–Trinajstić information content (AvgIpc) is 2.90. The lowest BCUT2D eigenvalue weighted by atomic mass is 9.74. The highest BCUT2D eigenvalue weighted by Gasteiger charge is 2.46. The summed E-state index contributed by atoms with van der Waals surface area (Å²) in [6, 6.07) is 10.7. The molecule has 0 radical (unpaired) electrons. The van der Waals surface area contributed by atoms with Gasteiger partial charge < -0.3 is 14.8 Å². The van der Waals surface area contributed by atoms with Crippen molar-refractivity contribution >= 4 is 12.4 Å². The van der Waals surface area contributed by atoms with Crippen molar-refractivity contribution < 1.29 is 9.47 Å². The third-order valence-corrected chi connectivity index (χ3v) is 4.48. The molecule has 0 amide bonds. The van der Waals surface area contributed by atoms with Crippen molar-refractivity contribution in [2.45, 2.75) is 37.0 Å².